The van der Waals surface area contributed by atoms with E-state index in [4.69, 9.17) is 4.74 Å². The van der Waals surface area contributed by atoms with Gasteiger partial charge in [-0.2, -0.15) is 0 Å². The monoisotopic (exact) mass is 330 g/mol. The highest BCUT2D eigenvalue weighted by molar-refractivity contribution is 5.68. The maximum Gasteiger partial charge on any atom is 0.407 e. The SMILES string of the molecule is CC(C)(C)OC(=O)NC1CCC(Nc2ccc3c(c2)CCC3)CC1. The fourth-order valence-corrected chi connectivity index (χ4v) is 3.75. The van der Waals surface area contributed by atoms with Crippen molar-refractivity contribution < 1.29 is 9.53 Å². The summed E-state index contributed by atoms with van der Waals surface area (Å²) in [6.45, 7) is 5.68. The van der Waals surface area contributed by atoms with Crippen molar-refractivity contribution in [2.75, 3.05) is 5.32 Å². The molecule has 1 aromatic rings. The van der Waals surface area contributed by atoms with Gasteiger partial charge in [0.15, 0.2) is 0 Å². The van der Waals surface area contributed by atoms with Crippen LogP contribution < -0.4 is 10.6 Å². The smallest absolute Gasteiger partial charge is 0.407 e. The van der Waals surface area contributed by atoms with Gasteiger partial charge in [-0.1, -0.05) is 6.07 Å². The largest absolute Gasteiger partial charge is 0.444 e. The zero-order chi connectivity index (χ0) is 17.2. The number of carbonyl (C=O) groups is 1. The highest BCUT2D eigenvalue weighted by atomic mass is 16.6. The summed E-state index contributed by atoms with van der Waals surface area (Å²) < 4.78 is 5.34. The third-order valence-electron chi connectivity index (χ3n) is 4.92. The molecule has 0 radical (unpaired) electrons. The molecule has 0 aromatic heterocycles. The quantitative estimate of drug-likeness (QED) is 0.862. The van der Waals surface area contributed by atoms with Crippen LogP contribution in [0.25, 0.3) is 0 Å². The summed E-state index contributed by atoms with van der Waals surface area (Å²) in [4.78, 5) is 11.9. The summed E-state index contributed by atoms with van der Waals surface area (Å²) in [6.07, 6.45) is 7.62. The standard InChI is InChI=1S/C20H30N2O2/c1-20(2,3)24-19(23)22-17-11-9-16(10-12-17)21-18-8-7-14-5-4-6-15(14)13-18/h7-8,13,16-17,21H,4-6,9-12H2,1-3H3,(H,22,23). The van der Waals surface area contributed by atoms with Gasteiger partial charge in [0.2, 0.25) is 0 Å². The van der Waals surface area contributed by atoms with Crippen LogP contribution in [-0.2, 0) is 17.6 Å². The summed E-state index contributed by atoms with van der Waals surface area (Å²) in [5, 5.41) is 6.68. The molecule has 2 N–H and O–H groups in total. The Bertz CT molecular complexity index is 584. The van der Waals surface area contributed by atoms with Crippen molar-refractivity contribution in [1.82, 2.24) is 5.32 Å². The second-order valence-corrected chi connectivity index (χ2v) is 8.18. The van der Waals surface area contributed by atoms with Crippen LogP contribution in [-0.4, -0.2) is 23.8 Å². The van der Waals surface area contributed by atoms with Crippen LogP contribution in [0.5, 0.6) is 0 Å². The Hall–Kier alpha value is -1.71. The molecule has 0 heterocycles. The lowest BCUT2D eigenvalue weighted by atomic mass is 9.91. The number of amides is 1. The van der Waals surface area contributed by atoms with Gasteiger partial charge in [0, 0.05) is 17.8 Å². The van der Waals surface area contributed by atoms with Crippen LogP contribution in [0.1, 0.15) is 64.0 Å². The Morgan fingerprint density at radius 3 is 2.42 bits per heavy atom. The van der Waals surface area contributed by atoms with Gasteiger partial charge >= 0.3 is 6.09 Å². The number of alkyl carbamates (subject to hydrolysis) is 1. The summed E-state index contributed by atoms with van der Waals surface area (Å²) in [7, 11) is 0. The van der Waals surface area contributed by atoms with E-state index in [9.17, 15) is 4.79 Å². The van der Waals surface area contributed by atoms with Gasteiger partial charge in [-0.25, -0.2) is 4.79 Å². The fourth-order valence-electron chi connectivity index (χ4n) is 3.75. The van der Waals surface area contributed by atoms with Crippen LogP contribution in [0.4, 0.5) is 10.5 Å². The summed E-state index contributed by atoms with van der Waals surface area (Å²) in [5.41, 5.74) is 3.85. The van der Waals surface area contributed by atoms with Crippen LogP contribution in [0.15, 0.2) is 18.2 Å². The summed E-state index contributed by atoms with van der Waals surface area (Å²) in [6, 6.07) is 7.56. The number of ether oxygens (including phenoxy) is 1. The third-order valence-corrected chi connectivity index (χ3v) is 4.92. The predicted molar refractivity (Wildman–Crippen MR) is 97.5 cm³/mol. The molecule has 1 aromatic carbocycles. The van der Waals surface area contributed by atoms with Gasteiger partial charge in [0.05, 0.1) is 0 Å². The van der Waals surface area contributed by atoms with Crippen molar-refractivity contribution in [3.63, 3.8) is 0 Å². The second kappa shape index (κ2) is 7.04. The lowest BCUT2D eigenvalue weighted by molar-refractivity contribution is 0.0492. The van der Waals surface area contributed by atoms with E-state index in [1.807, 2.05) is 20.8 Å². The molecule has 4 heteroatoms. The predicted octanol–water partition coefficient (Wildman–Crippen LogP) is 4.42. The zero-order valence-corrected chi connectivity index (χ0v) is 15.2. The van der Waals surface area contributed by atoms with Gasteiger partial charge < -0.3 is 15.4 Å². The molecule has 3 rings (SSSR count). The van der Waals surface area contributed by atoms with E-state index in [0.29, 0.717) is 6.04 Å². The lowest BCUT2D eigenvalue weighted by Gasteiger charge is -2.31. The molecule has 0 unspecified atom stereocenters. The molecule has 0 spiro atoms. The van der Waals surface area contributed by atoms with Crippen molar-refractivity contribution in [1.29, 1.82) is 0 Å². The van der Waals surface area contributed by atoms with E-state index in [1.54, 1.807) is 0 Å². The number of benzene rings is 1. The molecule has 132 valence electrons. The van der Waals surface area contributed by atoms with Gasteiger partial charge in [-0.3, -0.25) is 0 Å². The Balaban J connectivity index is 1.44. The average Bonchev–Trinajstić information content (AvgIpc) is 2.95. The number of hydrogen-bond donors (Lipinski definition) is 2. The Morgan fingerprint density at radius 1 is 1.04 bits per heavy atom. The first kappa shape index (κ1) is 17.1. The number of nitrogens with one attached hydrogen (secondary N) is 2. The maximum atomic E-state index is 11.9. The summed E-state index contributed by atoms with van der Waals surface area (Å²) in [5.74, 6) is 0. The van der Waals surface area contributed by atoms with E-state index in [1.165, 1.54) is 36.1 Å². The topological polar surface area (TPSA) is 50.4 Å². The molecule has 0 aliphatic heterocycles. The van der Waals surface area contributed by atoms with E-state index in [-0.39, 0.29) is 12.1 Å². The van der Waals surface area contributed by atoms with Crippen LogP contribution in [0.3, 0.4) is 0 Å². The van der Waals surface area contributed by atoms with Crippen LogP contribution in [0.2, 0.25) is 0 Å². The van der Waals surface area contributed by atoms with Crippen molar-refractivity contribution >= 4 is 11.8 Å². The maximum absolute atomic E-state index is 11.9. The van der Waals surface area contributed by atoms with E-state index < -0.39 is 5.60 Å². The first-order chi connectivity index (χ1) is 11.4. The van der Waals surface area contributed by atoms with Crippen LogP contribution >= 0.6 is 0 Å². The first-order valence-corrected chi connectivity index (χ1v) is 9.27. The van der Waals surface area contributed by atoms with E-state index in [0.717, 1.165) is 25.7 Å². The fraction of sp³-hybridized carbons (Fsp3) is 0.650. The number of fused-ring (bicyclic) bond motifs is 1. The minimum atomic E-state index is -0.434. The van der Waals surface area contributed by atoms with Gasteiger partial charge in [0.1, 0.15) is 5.60 Å². The second-order valence-electron chi connectivity index (χ2n) is 8.18. The average molecular weight is 330 g/mol. The Labute approximate surface area is 145 Å². The molecule has 2 aliphatic rings. The molecule has 0 bridgehead atoms. The van der Waals surface area contributed by atoms with Gasteiger partial charge in [0.25, 0.3) is 0 Å². The third kappa shape index (κ3) is 4.65. The molecular weight excluding hydrogens is 300 g/mol. The molecule has 0 saturated heterocycles. The number of hydrogen-bond acceptors (Lipinski definition) is 3. The van der Waals surface area contributed by atoms with Crippen molar-refractivity contribution in [2.24, 2.45) is 0 Å². The van der Waals surface area contributed by atoms with E-state index >= 15 is 0 Å². The van der Waals surface area contributed by atoms with Gasteiger partial charge in [-0.15, -0.1) is 0 Å². The summed E-state index contributed by atoms with van der Waals surface area (Å²) >= 11 is 0. The molecule has 1 fully saturated rings. The minimum Gasteiger partial charge on any atom is -0.444 e. The molecule has 0 atom stereocenters. The van der Waals surface area contributed by atoms with Crippen molar-refractivity contribution in [3.8, 4) is 0 Å². The normalized spacial score (nSPS) is 23.5. The first-order valence-electron chi connectivity index (χ1n) is 9.27. The molecule has 2 aliphatic carbocycles. The number of anilines is 1. The number of carbonyl (C=O) groups excluding carboxylic acids is 1. The van der Waals surface area contributed by atoms with Crippen LogP contribution in [0, 0.1) is 0 Å². The highest BCUT2D eigenvalue weighted by Crippen LogP contribution is 2.27. The number of aryl methyl sites for hydroxylation is 2. The molecule has 4 nitrogen and oxygen atoms in total. The molecule has 24 heavy (non-hydrogen) atoms. The lowest BCUT2D eigenvalue weighted by Crippen LogP contribution is -2.42. The molecular formula is C20H30N2O2. The van der Waals surface area contributed by atoms with Crippen molar-refractivity contribution in [3.05, 3.63) is 29.3 Å². The van der Waals surface area contributed by atoms with Gasteiger partial charge in [-0.05, 0) is 89.0 Å². The molecule has 1 amide bonds. The molecule has 1 saturated carbocycles. The minimum absolute atomic E-state index is 0.234. The highest BCUT2D eigenvalue weighted by Gasteiger charge is 2.25. The van der Waals surface area contributed by atoms with E-state index in [2.05, 4.69) is 28.8 Å². The zero-order valence-electron chi connectivity index (χ0n) is 15.2. The number of rotatable bonds is 3. The Kier molecular flexibility index (Phi) is 5.02. The van der Waals surface area contributed by atoms with Crippen molar-refractivity contribution in [2.45, 2.75) is 83.4 Å². The Morgan fingerprint density at radius 2 is 1.71 bits per heavy atom.